The van der Waals surface area contributed by atoms with Gasteiger partial charge in [0.05, 0.1) is 11.3 Å². The van der Waals surface area contributed by atoms with Gasteiger partial charge in [-0.15, -0.1) is 12.4 Å². The molecule has 1 aliphatic rings. The van der Waals surface area contributed by atoms with Gasteiger partial charge in [-0.25, -0.2) is 0 Å². The van der Waals surface area contributed by atoms with Crippen LogP contribution >= 0.6 is 12.4 Å². The fourth-order valence-electron chi connectivity index (χ4n) is 2.75. The molecule has 0 aliphatic heterocycles. The Kier molecular flexibility index (Phi) is 7.35. The molecule has 2 amide bonds. The van der Waals surface area contributed by atoms with Crippen LogP contribution in [-0.2, 0) is 4.79 Å². The summed E-state index contributed by atoms with van der Waals surface area (Å²) in [5.41, 5.74) is 6.99. The number of nitrogens with one attached hydrogen (secondary N) is 2. The topological polar surface area (TPSA) is 84.2 Å². The SMILES string of the molecule is CCNC(=O)c1ccccc1NC(=O)C1CCCC(N)C1.Cl. The average molecular weight is 326 g/mol. The molecule has 2 rings (SSSR count). The van der Waals surface area contributed by atoms with Crippen molar-refractivity contribution in [2.24, 2.45) is 11.7 Å². The first kappa shape index (κ1) is 18.5. The van der Waals surface area contributed by atoms with Crippen LogP contribution in [0.3, 0.4) is 0 Å². The Morgan fingerprint density at radius 2 is 2.00 bits per heavy atom. The maximum Gasteiger partial charge on any atom is 0.253 e. The fourth-order valence-corrected chi connectivity index (χ4v) is 2.75. The number of benzene rings is 1. The molecule has 0 saturated heterocycles. The smallest absolute Gasteiger partial charge is 0.253 e. The van der Waals surface area contributed by atoms with Crippen molar-refractivity contribution < 1.29 is 9.59 Å². The molecule has 2 unspecified atom stereocenters. The van der Waals surface area contributed by atoms with Crippen molar-refractivity contribution in [1.29, 1.82) is 0 Å². The summed E-state index contributed by atoms with van der Waals surface area (Å²) in [7, 11) is 0. The van der Waals surface area contributed by atoms with Crippen molar-refractivity contribution in [1.82, 2.24) is 5.32 Å². The summed E-state index contributed by atoms with van der Waals surface area (Å²) >= 11 is 0. The number of carbonyl (C=O) groups excluding carboxylic acids is 2. The number of halogens is 1. The molecule has 1 saturated carbocycles. The van der Waals surface area contributed by atoms with Gasteiger partial charge >= 0.3 is 0 Å². The first-order chi connectivity index (χ1) is 10.1. The summed E-state index contributed by atoms with van der Waals surface area (Å²) in [6, 6.07) is 7.17. The van der Waals surface area contributed by atoms with Crippen LogP contribution in [0.4, 0.5) is 5.69 Å². The number of hydrogen-bond donors (Lipinski definition) is 3. The lowest BCUT2D eigenvalue weighted by atomic mass is 9.85. The highest BCUT2D eigenvalue weighted by Crippen LogP contribution is 2.25. The highest BCUT2D eigenvalue weighted by molar-refractivity contribution is 6.04. The molecule has 6 heteroatoms. The molecule has 1 aromatic carbocycles. The van der Waals surface area contributed by atoms with Gasteiger partial charge in [-0.1, -0.05) is 18.6 Å². The van der Waals surface area contributed by atoms with Gasteiger partial charge in [0.1, 0.15) is 0 Å². The van der Waals surface area contributed by atoms with Crippen molar-refractivity contribution >= 4 is 29.9 Å². The summed E-state index contributed by atoms with van der Waals surface area (Å²) in [5.74, 6) is -0.272. The zero-order valence-corrected chi connectivity index (χ0v) is 13.6. The van der Waals surface area contributed by atoms with E-state index >= 15 is 0 Å². The summed E-state index contributed by atoms with van der Waals surface area (Å²) < 4.78 is 0. The van der Waals surface area contributed by atoms with E-state index in [0.717, 1.165) is 25.7 Å². The van der Waals surface area contributed by atoms with E-state index in [1.54, 1.807) is 18.2 Å². The van der Waals surface area contributed by atoms with E-state index in [2.05, 4.69) is 10.6 Å². The highest BCUT2D eigenvalue weighted by Gasteiger charge is 2.26. The molecule has 0 aromatic heterocycles. The van der Waals surface area contributed by atoms with E-state index in [1.807, 2.05) is 13.0 Å². The van der Waals surface area contributed by atoms with Crippen LogP contribution in [0, 0.1) is 5.92 Å². The Hall–Kier alpha value is -1.59. The van der Waals surface area contributed by atoms with Gasteiger partial charge in [-0.2, -0.15) is 0 Å². The molecule has 2 atom stereocenters. The molecule has 1 aliphatic carbocycles. The maximum atomic E-state index is 12.3. The molecule has 5 nitrogen and oxygen atoms in total. The van der Waals surface area contributed by atoms with Gasteiger partial charge < -0.3 is 16.4 Å². The first-order valence-corrected chi connectivity index (χ1v) is 7.55. The van der Waals surface area contributed by atoms with Gasteiger partial charge in [0, 0.05) is 18.5 Å². The van der Waals surface area contributed by atoms with Gasteiger partial charge in [0.15, 0.2) is 0 Å². The zero-order chi connectivity index (χ0) is 15.2. The highest BCUT2D eigenvalue weighted by atomic mass is 35.5. The molecule has 4 N–H and O–H groups in total. The van der Waals surface area contributed by atoms with Crippen LogP contribution in [0.1, 0.15) is 43.0 Å². The lowest BCUT2D eigenvalue weighted by Crippen LogP contribution is -2.34. The van der Waals surface area contributed by atoms with Crippen molar-refractivity contribution in [2.75, 3.05) is 11.9 Å². The standard InChI is InChI=1S/C16H23N3O2.ClH/c1-2-18-16(21)13-8-3-4-9-14(13)19-15(20)11-6-5-7-12(17)10-11;/h3-4,8-9,11-12H,2,5-7,10,17H2,1H3,(H,18,21)(H,19,20);1H. The van der Waals surface area contributed by atoms with Crippen molar-refractivity contribution in [3.63, 3.8) is 0 Å². The van der Waals surface area contributed by atoms with E-state index < -0.39 is 0 Å². The molecule has 1 aromatic rings. The molecule has 0 spiro atoms. The van der Waals surface area contributed by atoms with Crippen LogP contribution in [0.15, 0.2) is 24.3 Å². The second-order valence-electron chi connectivity index (χ2n) is 5.52. The summed E-state index contributed by atoms with van der Waals surface area (Å²) in [4.78, 5) is 24.3. The number of anilines is 1. The molecular formula is C16H24ClN3O2. The Bertz CT molecular complexity index is 522. The predicted octanol–water partition coefficient (Wildman–Crippen LogP) is 2.31. The van der Waals surface area contributed by atoms with Crippen LogP contribution in [0.25, 0.3) is 0 Å². The molecular weight excluding hydrogens is 302 g/mol. The molecule has 122 valence electrons. The predicted molar refractivity (Wildman–Crippen MR) is 90.3 cm³/mol. The number of hydrogen-bond acceptors (Lipinski definition) is 3. The monoisotopic (exact) mass is 325 g/mol. The van der Waals surface area contributed by atoms with Crippen molar-refractivity contribution in [3.05, 3.63) is 29.8 Å². The molecule has 1 fully saturated rings. The minimum atomic E-state index is -0.172. The fraction of sp³-hybridized carbons (Fsp3) is 0.500. The second-order valence-corrected chi connectivity index (χ2v) is 5.52. The van der Waals surface area contributed by atoms with Crippen LogP contribution in [0.2, 0.25) is 0 Å². The number of carbonyl (C=O) groups is 2. The van der Waals surface area contributed by atoms with Crippen molar-refractivity contribution in [3.8, 4) is 0 Å². The van der Waals surface area contributed by atoms with Crippen LogP contribution in [0.5, 0.6) is 0 Å². The van der Waals surface area contributed by atoms with Crippen LogP contribution in [-0.4, -0.2) is 24.4 Å². The first-order valence-electron chi connectivity index (χ1n) is 7.55. The Labute approximate surface area is 137 Å². The van der Waals surface area contributed by atoms with Crippen LogP contribution < -0.4 is 16.4 Å². The molecule has 0 radical (unpaired) electrons. The van der Waals surface area contributed by atoms with E-state index in [-0.39, 0.29) is 36.2 Å². The van der Waals surface area contributed by atoms with E-state index in [0.29, 0.717) is 17.8 Å². The summed E-state index contributed by atoms with van der Waals surface area (Å²) in [6.45, 7) is 2.42. The Balaban J connectivity index is 0.00000242. The van der Waals surface area contributed by atoms with Crippen molar-refractivity contribution in [2.45, 2.75) is 38.6 Å². The third kappa shape index (κ3) is 4.71. The van der Waals surface area contributed by atoms with E-state index in [1.165, 1.54) is 0 Å². The van der Waals surface area contributed by atoms with E-state index in [4.69, 9.17) is 5.73 Å². The quantitative estimate of drug-likeness (QED) is 0.794. The third-order valence-corrected chi connectivity index (χ3v) is 3.85. The Morgan fingerprint density at radius 1 is 1.27 bits per heavy atom. The third-order valence-electron chi connectivity index (χ3n) is 3.85. The molecule has 22 heavy (non-hydrogen) atoms. The lowest BCUT2D eigenvalue weighted by Gasteiger charge is -2.26. The summed E-state index contributed by atoms with van der Waals surface area (Å²) in [6.07, 6.45) is 3.55. The lowest BCUT2D eigenvalue weighted by molar-refractivity contribution is -0.120. The minimum absolute atomic E-state index is 0. The zero-order valence-electron chi connectivity index (χ0n) is 12.8. The number of rotatable bonds is 4. The summed E-state index contributed by atoms with van der Waals surface area (Å²) in [5, 5.41) is 5.64. The average Bonchev–Trinajstić information content (AvgIpc) is 2.48. The molecule has 0 heterocycles. The molecule has 0 bridgehead atoms. The number of amides is 2. The van der Waals surface area contributed by atoms with Gasteiger partial charge in [0.2, 0.25) is 5.91 Å². The number of para-hydroxylation sites is 1. The Morgan fingerprint density at radius 3 is 2.68 bits per heavy atom. The van der Waals surface area contributed by atoms with Gasteiger partial charge in [-0.3, -0.25) is 9.59 Å². The van der Waals surface area contributed by atoms with E-state index in [9.17, 15) is 9.59 Å². The normalized spacial score (nSPS) is 20.6. The largest absolute Gasteiger partial charge is 0.352 e. The number of nitrogens with two attached hydrogens (primary N) is 1. The second kappa shape index (κ2) is 8.76. The van der Waals surface area contributed by atoms with Gasteiger partial charge in [0.25, 0.3) is 5.91 Å². The maximum absolute atomic E-state index is 12.3. The minimum Gasteiger partial charge on any atom is -0.352 e. The van der Waals surface area contributed by atoms with Gasteiger partial charge in [-0.05, 0) is 38.3 Å².